The van der Waals surface area contributed by atoms with Crippen LogP contribution in [0.25, 0.3) is 0 Å². The first kappa shape index (κ1) is 40.5. The number of amides is 7. The molecule has 1 saturated heterocycles. The molecule has 5 atom stereocenters. The van der Waals surface area contributed by atoms with Gasteiger partial charge in [0.15, 0.2) is 0 Å². The van der Waals surface area contributed by atoms with Crippen LogP contribution in [0.1, 0.15) is 57.1 Å². The van der Waals surface area contributed by atoms with E-state index in [9.17, 15) is 33.6 Å². The van der Waals surface area contributed by atoms with Gasteiger partial charge in [0.2, 0.25) is 41.4 Å². The highest BCUT2D eigenvalue weighted by Crippen LogP contribution is 2.11. The van der Waals surface area contributed by atoms with E-state index in [1.54, 1.807) is 0 Å². The molecule has 1 fully saturated rings. The Bertz CT molecular complexity index is 1510. The summed E-state index contributed by atoms with van der Waals surface area (Å²) in [6.45, 7) is 3.74. The van der Waals surface area contributed by atoms with Gasteiger partial charge >= 0.3 is 0 Å². The summed E-state index contributed by atoms with van der Waals surface area (Å²) in [5, 5.41) is 16.1. The molecule has 0 aliphatic carbocycles. The van der Waals surface area contributed by atoms with Crippen LogP contribution < -0.4 is 37.6 Å². The number of benzene rings is 2. The summed E-state index contributed by atoms with van der Waals surface area (Å²) < 4.78 is 0. The van der Waals surface area contributed by atoms with Crippen LogP contribution in [0.5, 0.6) is 0 Å². The Morgan fingerprint density at radius 1 is 0.784 bits per heavy atom. The molecule has 14 nitrogen and oxygen atoms in total. The normalized spacial score (nSPS) is 16.2. The Hall–Kier alpha value is -4.92. The van der Waals surface area contributed by atoms with Gasteiger partial charge in [-0.05, 0) is 48.3 Å². The molecule has 0 bridgehead atoms. The van der Waals surface area contributed by atoms with Crippen LogP contribution in [0.2, 0.25) is 0 Å². The minimum absolute atomic E-state index is 0.00664. The van der Waals surface area contributed by atoms with Gasteiger partial charge in [-0.3, -0.25) is 33.6 Å². The van der Waals surface area contributed by atoms with Crippen molar-refractivity contribution in [2.45, 2.75) is 89.1 Å². The van der Waals surface area contributed by atoms with Gasteiger partial charge in [-0.1, -0.05) is 74.5 Å². The Kier molecular flexibility index (Phi) is 16.4. The predicted molar refractivity (Wildman–Crippen MR) is 194 cm³/mol. The maximum Gasteiger partial charge on any atom is 0.244 e. The zero-order valence-corrected chi connectivity index (χ0v) is 30.1. The number of hydrogen-bond acceptors (Lipinski definition) is 8. The molecule has 0 saturated carbocycles. The Labute approximate surface area is 302 Å². The van der Waals surface area contributed by atoms with Crippen LogP contribution in [-0.2, 0) is 46.4 Å². The van der Waals surface area contributed by atoms with Crippen molar-refractivity contribution in [2.75, 3.05) is 12.0 Å². The number of carbonyl (C=O) groups is 7. The molecule has 8 N–H and O–H groups in total. The third kappa shape index (κ3) is 14.5. The van der Waals surface area contributed by atoms with Crippen LogP contribution in [-0.4, -0.2) is 83.7 Å². The second-order valence-corrected chi connectivity index (χ2v) is 13.9. The molecule has 51 heavy (non-hydrogen) atoms. The smallest absolute Gasteiger partial charge is 0.244 e. The standard InChI is InChI=1S/C36H49N7O7S/c1-22(2)18-27(35(49)40-25(33(37)47)16-17-51-3)39-31(45)21-32(46)42-29(20-24-12-8-5-9-13-24)43-36(50)28(19-23-10-6-4-7-11-23)41-34(48)26-14-15-30(44)38-26/h4-13,22,25-29H,14-21H2,1-3H3,(H2,37,47)(H,38,44)(H,39,45)(H,40,49)(H,41,48)(H,42,46)(H,43,50)/t25-,26+,27+,28-,29+/m1/s1. The molecule has 2 aromatic rings. The fourth-order valence-corrected chi connectivity index (χ4v) is 6.01. The van der Waals surface area contributed by atoms with Crippen LogP contribution in [0.4, 0.5) is 0 Å². The van der Waals surface area contributed by atoms with E-state index in [1.807, 2.05) is 80.8 Å². The van der Waals surface area contributed by atoms with Gasteiger partial charge in [-0.2, -0.15) is 11.8 Å². The lowest BCUT2D eigenvalue weighted by atomic mass is 10.0. The van der Waals surface area contributed by atoms with Crippen molar-refractivity contribution in [2.24, 2.45) is 11.7 Å². The van der Waals surface area contributed by atoms with Gasteiger partial charge in [0.25, 0.3) is 0 Å². The third-order valence-electron chi connectivity index (χ3n) is 8.11. The second kappa shape index (κ2) is 20.7. The molecule has 1 aliphatic rings. The molecular formula is C36H49N7O7S. The van der Waals surface area contributed by atoms with Crippen LogP contribution in [0.3, 0.4) is 0 Å². The third-order valence-corrected chi connectivity index (χ3v) is 8.76. The lowest BCUT2D eigenvalue weighted by Gasteiger charge is -2.26. The van der Waals surface area contributed by atoms with E-state index >= 15 is 0 Å². The number of rotatable bonds is 20. The number of carbonyl (C=O) groups excluding carboxylic acids is 7. The zero-order valence-electron chi connectivity index (χ0n) is 29.2. The summed E-state index contributed by atoms with van der Waals surface area (Å²) in [5.41, 5.74) is 7.04. The van der Waals surface area contributed by atoms with Crippen molar-refractivity contribution in [3.63, 3.8) is 0 Å². The molecule has 2 aromatic carbocycles. The molecule has 0 aromatic heterocycles. The molecule has 276 valence electrons. The number of thioether (sulfide) groups is 1. The Morgan fingerprint density at radius 3 is 1.92 bits per heavy atom. The van der Waals surface area contributed by atoms with Gasteiger partial charge in [0.1, 0.15) is 36.8 Å². The fraction of sp³-hybridized carbons (Fsp3) is 0.472. The molecule has 0 unspecified atom stereocenters. The topological polar surface area (TPSA) is 218 Å². The summed E-state index contributed by atoms with van der Waals surface area (Å²) in [5.74, 6) is -3.46. The molecule has 1 aliphatic heterocycles. The van der Waals surface area contributed by atoms with E-state index < -0.39 is 72.2 Å². The van der Waals surface area contributed by atoms with Crippen molar-refractivity contribution < 1.29 is 33.6 Å². The molecule has 0 radical (unpaired) electrons. The summed E-state index contributed by atoms with van der Waals surface area (Å²) in [6.07, 6.45) is 1.62. The summed E-state index contributed by atoms with van der Waals surface area (Å²) >= 11 is 1.50. The number of primary amides is 1. The summed E-state index contributed by atoms with van der Waals surface area (Å²) in [6, 6.07) is 14.4. The summed E-state index contributed by atoms with van der Waals surface area (Å²) in [7, 11) is 0. The first-order valence-corrected chi connectivity index (χ1v) is 18.4. The Balaban J connectivity index is 1.72. The van der Waals surface area contributed by atoms with Crippen molar-refractivity contribution in [3.05, 3.63) is 71.8 Å². The highest BCUT2D eigenvalue weighted by Gasteiger charge is 2.32. The van der Waals surface area contributed by atoms with E-state index in [1.165, 1.54) is 11.8 Å². The zero-order chi connectivity index (χ0) is 37.3. The average Bonchev–Trinajstić information content (AvgIpc) is 3.52. The van der Waals surface area contributed by atoms with Gasteiger partial charge in [0, 0.05) is 19.3 Å². The van der Waals surface area contributed by atoms with Crippen LogP contribution in [0.15, 0.2) is 60.7 Å². The lowest BCUT2D eigenvalue weighted by molar-refractivity contribution is -0.134. The Morgan fingerprint density at radius 2 is 1.37 bits per heavy atom. The van der Waals surface area contributed by atoms with E-state index in [4.69, 9.17) is 5.73 Å². The molecule has 3 rings (SSSR count). The first-order valence-electron chi connectivity index (χ1n) is 17.0. The molecule has 0 spiro atoms. The number of hydrogen-bond donors (Lipinski definition) is 7. The predicted octanol–water partition coefficient (Wildman–Crippen LogP) is 0.438. The fourth-order valence-electron chi connectivity index (χ4n) is 5.54. The van der Waals surface area contributed by atoms with Crippen molar-refractivity contribution in [1.82, 2.24) is 31.9 Å². The van der Waals surface area contributed by atoms with Gasteiger partial charge in [0.05, 0.1) is 0 Å². The monoisotopic (exact) mass is 723 g/mol. The number of nitrogens with two attached hydrogens (primary N) is 1. The maximum atomic E-state index is 13.8. The SMILES string of the molecule is CSCC[C@@H](NC(=O)[C@H](CC(C)C)NC(=O)CC(=O)N[C@H](Cc1ccccc1)NC(=O)[C@@H](Cc1ccccc1)NC(=O)[C@@H]1CCC(=O)N1)C(N)=O. The molecule has 15 heteroatoms. The molecule has 1 heterocycles. The van der Waals surface area contributed by atoms with Crippen LogP contribution in [0, 0.1) is 5.92 Å². The second-order valence-electron chi connectivity index (χ2n) is 12.9. The van der Waals surface area contributed by atoms with Gasteiger partial charge in [-0.25, -0.2) is 0 Å². The maximum absolute atomic E-state index is 13.8. The molecule has 7 amide bonds. The van der Waals surface area contributed by atoms with Crippen molar-refractivity contribution in [3.8, 4) is 0 Å². The molecular weight excluding hydrogens is 675 g/mol. The van der Waals surface area contributed by atoms with E-state index in [2.05, 4.69) is 31.9 Å². The van der Waals surface area contributed by atoms with E-state index in [-0.39, 0.29) is 37.5 Å². The van der Waals surface area contributed by atoms with Gasteiger partial charge < -0.3 is 37.6 Å². The van der Waals surface area contributed by atoms with Crippen molar-refractivity contribution >= 4 is 53.1 Å². The minimum atomic E-state index is -1.05. The summed E-state index contributed by atoms with van der Waals surface area (Å²) in [4.78, 5) is 89.9. The minimum Gasteiger partial charge on any atom is -0.368 e. The largest absolute Gasteiger partial charge is 0.368 e. The average molecular weight is 724 g/mol. The van der Waals surface area contributed by atoms with Crippen molar-refractivity contribution in [1.29, 1.82) is 0 Å². The first-order chi connectivity index (χ1) is 24.3. The quantitative estimate of drug-likeness (QED) is 0.0750. The van der Waals surface area contributed by atoms with Crippen LogP contribution >= 0.6 is 11.8 Å². The van der Waals surface area contributed by atoms with E-state index in [0.29, 0.717) is 18.6 Å². The number of nitrogens with one attached hydrogen (secondary N) is 6. The highest BCUT2D eigenvalue weighted by molar-refractivity contribution is 7.98. The lowest BCUT2D eigenvalue weighted by Crippen LogP contribution is -2.58. The van der Waals surface area contributed by atoms with E-state index in [0.717, 1.165) is 11.1 Å². The highest BCUT2D eigenvalue weighted by atomic mass is 32.2. The van der Waals surface area contributed by atoms with Gasteiger partial charge in [-0.15, -0.1) is 0 Å².